The van der Waals surface area contributed by atoms with E-state index in [1.54, 1.807) is 48.4 Å². The Morgan fingerprint density at radius 2 is 1.38 bits per heavy atom. The van der Waals surface area contributed by atoms with E-state index in [-0.39, 0.29) is 29.9 Å². The summed E-state index contributed by atoms with van der Waals surface area (Å²) < 4.78 is 32.4. The third kappa shape index (κ3) is 5.14. The molecule has 3 aromatic carbocycles. The molecule has 0 radical (unpaired) electrons. The number of methoxy groups -OCH3 is 1. The van der Waals surface area contributed by atoms with Crippen LogP contribution in [0.15, 0.2) is 72.8 Å². The van der Waals surface area contributed by atoms with Crippen molar-refractivity contribution in [2.45, 2.75) is 18.9 Å². The van der Waals surface area contributed by atoms with Gasteiger partial charge in [0.05, 0.1) is 19.1 Å². The minimum Gasteiger partial charge on any atom is -0.497 e. The highest BCUT2D eigenvalue weighted by atomic mass is 19.1. The molecule has 0 aliphatic carbocycles. The average molecular weight is 506 g/mol. The van der Waals surface area contributed by atoms with Gasteiger partial charge in [-0.25, -0.2) is 8.78 Å². The third-order valence-corrected chi connectivity index (χ3v) is 7.26. The van der Waals surface area contributed by atoms with Gasteiger partial charge in [0.2, 0.25) is 11.8 Å². The number of benzene rings is 3. The molecule has 0 bridgehead atoms. The molecule has 2 amide bonds. The molecule has 0 saturated carbocycles. The first kappa shape index (κ1) is 24.7. The molecule has 2 saturated heterocycles. The van der Waals surface area contributed by atoms with Gasteiger partial charge in [0.1, 0.15) is 17.4 Å². The molecule has 192 valence electrons. The van der Waals surface area contributed by atoms with Gasteiger partial charge in [-0.05, 0) is 72.6 Å². The van der Waals surface area contributed by atoms with Crippen LogP contribution in [-0.2, 0) is 9.59 Å². The topological polar surface area (TPSA) is 53.1 Å². The summed E-state index contributed by atoms with van der Waals surface area (Å²) in [6.07, 6.45) is 0.667. The number of nitrogens with zero attached hydrogens (tertiary/aromatic N) is 3. The van der Waals surface area contributed by atoms with Crippen LogP contribution in [0.1, 0.15) is 24.4 Å². The first-order valence-corrected chi connectivity index (χ1v) is 12.5. The summed E-state index contributed by atoms with van der Waals surface area (Å²) in [6, 6.07) is 19.0. The predicted molar refractivity (Wildman–Crippen MR) is 138 cm³/mol. The van der Waals surface area contributed by atoms with E-state index in [9.17, 15) is 18.4 Å². The summed E-state index contributed by atoms with van der Waals surface area (Å²) in [5, 5.41) is 0. The summed E-state index contributed by atoms with van der Waals surface area (Å²) in [6.45, 7) is 2.32. The number of anilines is 2. The standard InChI is InChI=1S/C29H29F2N3O3/c1-37-25-12-10-24(11-13-25)34-27(35)15-14-26(28(34)20-2-4-21(30)5-3-20)29(36)33-18-16-32(17-19-33)23-8-6-22(31)7-9-23/h2-13,26,28H,14-19H2,1H3. The minimum absolute atomic E-state index is 0.0147. The summed E-state index contributed by atoms with van der Waals surface area (Å²) in [4.78, 5) is 32.8. The van der Waals surface area contributed by atoms with E-state index in [1.807, 2.05) is 17.0 Å². The van der Waals surface area contributed by atoms with E-state index in [0.717, 1.165) is 5.69 Å². The van der Waals surface area contributed by atoms with E-state index in [0.29, 0.717) is 49.6 Å². The number of ether oxygens (including phenoxy) is 1. The van der Waals surface area contributed by atoms with E-state index in [2.05, 4.69) is 4.90 Å². The number of carbonyl (C=O) groups is 2. The molecule has 0 spiro atoms. The van der Waals surface area contributed by atoms with Crippen molar-refractivity contribution >= 4 is 23.2 Å². The second-order valence-corrected chi connectivity index (χ2v) is 9.39. The number of carbonyl (C=O) groups excluding carboxylic acids is 2. The summed E-state index contributed by atoms with van der Waals surface area (Å²) >= 11 is 0. The van der Waals surface area contributed by atoms with Crippen molar-refractivity contribution in [1.29, 1.82) is 0 Å². The molecule has 3 aromatic rings. The lowest BCUT2D eigenvalue weighted by molar-refractivity contribution is -0.138. The fraction of sp³-hybridized carbons (Fsp3) is 0.310. The van der Waals surface area contributed by atoms with Gasteiger partial charge in [-0.3, -0.25) is 9.59 Å². The highest BCUT2D eigenvalue weighted by Gasteiger charge is 2.43. The van der Waals surface area contributed by atoms with Crippen molar-refractivity contribution in [3.8, 4) is 5.75 Å². The number of amides is 2. The Kier molecular flexibility index (Phi) is 7.08. The molecule has 2 fully saturated rings. The number of piperazine rings is 1. The van der Waals surface area contributed by atoms with Gasteiger partial charge in [0.15, 0.2) is 0 Å². The van der Waals surface area contributed by atoms with Crippen molar-refractivity contribution in [2.75, 3.05) is 43.1 Å². The van der Waals surface area contributed by atoms with Crippen LogP contribution in [0.25, 0.3) is 0 Å². The van der Waals surface area contributed by atoms with E-state index < -0.39 is 12.0 Å². The maximum atomic E-state index is 13.9. The summed E-state index contributed by atoms with van der Waals surface area (Å²) in [7, 11) is 1.58. The predicted octanol–water partition coefficient (Wildman–Crippen LogP) is 4.81. The zero-order valence-corrected chi connectivity index (χ0v) is 20.6. The first-order valence-electron chi connectivity index (χ1n) is 12.5. The highest BCUT2D eigenvalue weighted by Crippen LogP contribution is 2.41. The Morgan fingerprint density at radius 3 is 1.97 bits per heavy atom. The van der Waals surface area contributed by atoms with Crippen molar-refractivity contribution in [1.82, 2.24) is 4.90 Å². The van der Waals surface area contributed by atoms with Crippen molar-refractivity contribution in [2.24, 2.45) is 5.92 Å². The molecule has 2 heterocycles. The Balaban J connectivity index is 1.41. The molecule has 2 aliphatic rings. The number of halogens is 2. The van der Waals surface area contributed by atoms with E-state index >= 15 is 0 Å². The molecule has 6 nitrogen and oxygen atoms in total. The van der Waals surface area contributed by atoms with Crippen molar-refractivity contribution in [3.63, 3.8) is 0 Å². The maximum absolute atomic E-state index is 13.9. The zero-order valence-electron chi connectivity index (χ0n) is 20.6. The van der Waals surface area contributed by atoms with Gasteiger partial charge in [-0.1, -0.05) is 12.1 Å². The fourth-order valence-electron chi connectivity index (χ4n) is 5.31. The summed E-state index contributed by atoms with van der Waals surface area (Å²) in [5.41, 5.74) is 2.30. The van der Waals surface area contributed by atoms with Crippen LogP contribution >= 0.6 is 0 Å². The van der Waals surface area contributed by atoms with Crippen LogP contribution in [0.4, 0.5) is 20.2 Å². The lowest BCUT2D eigenvalue weighted by Crippen LogP contribution is -2.54. The number of piperidine rings is 1. The molecule has 0 aromatic heterocycles. The lowest BCUT2D eigenvalue weighted by atomic mass is 9.82. The van der Waals surface area contributed by atoms with Crippen molar-refractivity contribution < 1.29 is 23.1 Å². The van der Waals surface area contributed by atoms with Crippen LogP contribution in [0.2, 0.25) is 0 Å². The highest BCUT2D eigenvalue weighted by molar-refractivity contribution is 5.97. The second-order valence-electron chi connectivity index (χ2n) is 9.39. The molecular weight excluding hydrogens is 476 g/mol. The minimum atomic E-state index is -0.558. The molecule has 37 heavy (non-hydrogen) atoms. The van der Waals surface area contributed by atoms with Crippen LogP contribution in [0.5, 0.6) is 5.75 Å². The third-order valence-electron chi connectivity index (χ3n) is 7.26. The molecule has 0 N–H and O–H groups in total. The molecule has 2 aliphatic heterocycles. The molecular formula is C29H29F2N3O3. The molecule has 8 heteroatoms. The monoisotopic (exact) mass is 505 g/mol. The van der Waals surface area contributed by atoms with Crippen LogP contribution in [0.3, 0.4) is 0 Å². The quantitative estimate of drug-likeness (QED) is 0.500. The normalized spacial score (nSPS) is 20.2. The van der Waals surface area contributed by atoms with Crippen LogP contribution in [0, 0.1) is 17.6 Å². The second kappa shape index (κ2) is 10.6. The smallest absolute Gasteiger partial charge is 0.228 e. The van der Waals surface area contributed by atoms with Gasteiger partial charge in [0.25, 0.3) is 0 Å². The molecule has 2 atom stereocenters. The van der Waals surface area contributed by atoms with Gasteiger partial charge in [-0.15, -0.1) is 0 Å². The number of hydrogen-bond donors (Lipinski definition) is 0. The number of rotatable bonds is 5. The van der Waals surface area contributed by atoms with Gasteiger partial charge < -0.3 is 19.4 Å². The SMILES string of the molecule is COc1ccc(N2C(=O)CCC(C(=O)N3CCN(c4ccc(F)cc4)CC3)C2c2ccc(F)cc2)cc1. The Morgan fingerprint density at radius 1 is 0.811 bits per heavy atom. The Bertz CT molecular complexity index is 1240. The lowest BCUT2D eigenvalue weighted by Gasteiger charge is -2.44. The van der Waals surface area contributed by atoms with Crippen LogP contribution in [-0.4, -0.2) is 50.0 Å². The zero-order chi connectivity index (χ0) is 25.9. The average Bonchev–Trinajstić information content (AvgIpc) is 2.93. The Hall–Kier alpha value is -3.94. The molecule has 5 rings (SSSR count). The van der Waals surface area contributed by atoms with Gasteiger partial charge >= 0.3 is 0 Å². The molecule has 2 unspecified atom stereocenters. The van der Waals surface area contributed by atoms with Gasteiger partial charge in [0, 0.05) is 44.0 Å². The van der Waals surface area contributed by atoms with E-state index in [4.69, 9.17) is 4.74 Å². The Labute approximate surface area is 215 Å². The first-order chi connectivity index (χ1) is 17.9. The summed E-state index contributed by atoms with van der Waals surface area (Å²) in [5.74, 6) is -0.552. The number of hydrogen-bond acceptors (Lipinski definition) is 4. The van der Waals surface area contributed by atoms with E-state index in [1.165, 1.54) is 24.3 Å². The van der Waals surface area contributed by atoms with Crippen LogP contribution < -0.4 is 14.5 Å². The fourth-order valence-corrected chi connectivity index (χ4v) is 5.31. The van der Waals surface area contributed by atoms with Crippen molar-refractivity contribution in [3.05, 3.63) is 90.0 Å². The largest absolute Gasteiger partial charge is 0.497 e. The van der Waals surface area contributed by atoms with Gasteiger partial charge in [-0.2, -0.15) is 0 Å². The maximum Gasteiger partial charge on any atom is 0.228 e.